The first kappa shape index (κ1) is 35.0. The molecule has 0 saturated heterocycles. The first-order valence-corrected chi connectivity index (χ1v) is 16.7. The second-order valence-electron chi connectivity index (χ2n) is 11.0. The number of hydrogen-bond acceptors (Lipinski definition) is 6. The average molecular weight is 662 g/mol. The Balaban J connectivity index is 1.82. The molecular formula is C36H40FN3O6S. The number of ether oxygens (including phenoxy) is 2. The van der Waals surface area contributed by atoms with Gasteiger partial charge < -0.3 is 19.7 Å². The molecule has 2 amide bonds. The second-order valence-corrected chi connectivity index (χ2v) is 12.8. The lowest BCUT2D eigenvalue weighted by molar-refractivity contribution is -0.140. The minimum Gasteiger partial charge on any atom is -0.493 e. The number of nitrogens with zero attached hydrogens (tertiary/aromatic N) is 2. The van der Waals surface area contributed by atoms with E-state index in [1.165, 1.54) is 55.5 Å². The van der Waals surface area contributed by atoms with Crippen molar-refractivity contribution in [1.82, 2.24) is 10.2 Å². The maximum atomic E-state index is 15.0. The molecule has 248 valence electrons. The topological polar surface area (TPSA) is 105 Å². The molecule has 0 aliphatic rings. The normalized spacial score (nSPS) is 11.8. The summed E-state index contributed by atoms with van der Waals surface area (Å²) in [4.78, 5) is 29.3. The molecule has 9 nitrogen and oxygen atoms in total. The number of amides is 2. The van der Waals surface area contributed by atoms with E-state index in [0.29, 0.717) is 18.7 Å². The van der Waals surface area contributed by atoms with Gasteiger partial charge in [-0.2, -0.15) is 0 Å². The minimum absolute atomic E-state index is 0.129. The molecule has 0 aromatic heterocycles. The Bertz CT molecular complexity index is 1770. The monoisotopic (exact) mass is 661 g/mol. The molecule has 1 N–H and O–H groups in total. The number of carbonyl (C=O) groups excluding carboxylic acids is 2. The minimum atomic E-state index is -4.38. The van der Waals surface area contributed by atoms with Crippen molar-refractivity contribution >= 4 is 27.5 Å². The summed E-state index contributed by atoms with van der Waals surface area (Å²) < 4.78 is 55.3. The lowest BCUT2D eigenvalue weighted by Crippen LogP contribution is -2.53. The number of hydrogen-bond donors (Lipinski definition) is 1. The predicted octanol–water partition coefficient (Wildman–Crippen LogP) is 5.51. The highest BCUT2D eigenvalue weighted by molar-refractivity contribution is 7.92. The number of anilines is 1. The predicted molar refractivity (Wildman–Crippen MR) is 179 cm³/mol. The summed E-state index contributed by atoms with van der Waals surface area (Å²) in [5, 5.41) is 2.88. The zero-order chi connectivity index (χ0) is 34.0. The Labute approximate surface area is 276 Å². The Kier molecular flexibility index (Phi) is 12.0. The van der Waals surface area contributed by atoms with Crippen molar-refractivity contribution in [1.29, 1.82) is 0 Å². The van der Waals surface area contributed by atoms with Crippen LogP contribution in [0.15, 0.2) is 102 Å². The lowest BCUT2D eigenvalue weighted by atomic mass is 10.0. The van der Waals surface area contributed by atoms with Crippen molar-refractivity contribution in [2.24, 2.45) is 0 Å². The van der Waals surface area contributed by atoms with E-state index >= 15 is 4.39 Å². The van der Waals surface area contributed by atoms with Gasteiger partial charge in [-0.3, -0.25) is 13.9 Å². The van der Waals surface area contributed by atoms with Crippen molar-refractivity contribution in [2.75, 3.05) is 31.6 Å². The quantitative estimate of drug-likeness (QED) is 0.180. The summed E-state index contributed by atoms with van der Waals surface area (Å²) in [6, 6.07) is 25.0. The van der Waals surface area contributed by atoms with E-state index < -0.39 is 40.2 Å². The van der Waals surface area contributed by atoms with E-state index in [2.05, 4.69) is 5.32 Å². The van der Waals surface area contributed by atoms with Crippen LogP contribution >= 0.6 is 0 Å². The van der Waals surface area contributed by atoms with Crippen LogP contribution in [0.4, 0.5) is 10.1 Å². The molecule has 47 heavy (non-hydrogen) atoms. The molecule has 4 aromatic carbocycles. The number of benzene rings is 4. The maximum Gasteiger partial charge on any atom is 0.264 e. The van der Waals surface area contributed by atoms with Crippen molar-refractivity contribution in [3.05, 3.63) is 120 Å². The van der Waals surface area contributed by atoms with Crippen LogP contribution in [0.1, 0.15) is 30.0 Å². The molecule has 0 saturated carbocycles. The van der Waals surface area contributed by atoms with Gasteiger partial charge in [0.15, 0.2) is 11.5 Å². The molecule has 0 heterocycles. The van der Waals surface area contributed by atoms with Gasteiger partial charge in [0, 0.05) is 31.1 Å². The molecular weight excluding hydrogens is 621 g/mol. The van der Waals surface area contributed by atoms with Gasteiger partial charge in [0.1, 0.15) is 18.4 Å². The van der Waals surface area contributed by atoms with Crippen LogP contribution in [-0.2, 0) is 32.6 Å². The fourth-order valence-corrected chi connectivity index (χ4v) is 6.50. The van der Waals surface area contributed by atoms with Gasteiger partial charge in [0.05, 0.1) is 24.8 Å². The Morgan fingerprint density at radius 3 is 2.17 bits per heavy atom. The highest BCUT2D eigenvalue weighted by Crippen LogP contribution is 2.32. The largest absolute Gasteiger partial charge is 0.493 e. The van der Waals surface area contributed by atoms with E-state index in [9.17, 15) is 18.0 Å². The molecule has 0 aliphatic heterocycles. The third-order valence-corrected chi connectivity index (χ3v) is 9.43. The van der Waals surface area contributed by atoms with Gasteiger partial charge >= 0.3 is 0 Å². The highest BCUT2D eigenvalue weighted by atomic mass is 32.2. The van der Waals surface area contributed by atoms with Crippen LogP contribution in [0.25, 0.3) is 0 Å². The van der Waals surface area contributed by atoms with Crippen LogP contribution in [0.3, 0.4) is 0 Å². The molecule has 11 heteroatoms. The molecule has 0 bridgehead atoms. The highest BCUT2D eigenvalue weighted by Gasteiger charge is 2.35. The zero-order valence-corrected chi connectivity index (χ0v) is 27.8. The van der Waals surface area contributed by atoms with Crippen LogP contribution in [0, 0.1) is 12.7 Å². The fraction of sp³-hybridized carbons (Fsp3) is 0.278. The molecule has 4 aromatic rings. The molecule has 0 unspecified atom stereocenters. The Morgan fingerprint density at radius 1 is 0.872 bits per heavy atom. The number of carbonyl (C=O) groups is 2. The zero-order valence-electron chi connectivity index (χ0n) is 27.0. The standard InChI is InChI=1S/C36H40FN3O6S/c1-5-21-38-36(42)32(22-27-11-7-6-8-12-27)39(24-28-13-9-10-14-31(28)37)35(41)25-40(29-17-15-26(2)16-18-29)47(43,44)30-19-20-33(45-3)34(23-30)46-4/h6-20,23,32H,5,21-22,24-25H2,1-4H3,(H,38,42)/t32-/m1/s1. The van der Waals surface area contributed by atoms with E-state index in [1.54, 1.807) is 30.3 Å². The number of aryl methyl sites for hydroxylation is 1. The van der Waals surface area contributed by atoms with Gasteiger partial charge in [-0.15, -0.1) is 0 Å². The number of nitrogens with one attached hydrogen (secondary N) is 1. The summed E-state index contributed by atoms with van der Waals surface area (Å²) in [6.07, 6.45) is 0.791. The van der Waals surface area contributed by atoms with Crippen LogP contribution in [0.2, 0.25) is 0 Å². The van der Waals surface area contributed by atoms with Crippen LogP contribution in [0.5, 0.6) is 11.5 Å². The fourth-order valence-electron chi connectivity index (χ4n) is 5.07. The van der Waals surface area contributed by atoms with Crippen molar-refractivity contribution in [3.8, 4) is 11.5 Å². The lowest BCUT2D eigenvalue weighted by Gasteiger charge is -2.34. The molecule has 0 spiro atoms. The van der Waals surface area contributed by atoms with Crippen LogP contribution < -0.4 is 19.1 Å². The van der Waals surface area contributed by atoms with Gasteiger partial charge in [-0.05, 0) is 49.2 Å². The van der Waals surface area contributed by atoms with Gasteiger partial charge in [-0.25, -0.2) is 12.8 Å². The molecule has 0 aliphatic carbocycles. The summed E-state index contributed by atoms with van der Waals surface area (Å²) in [7, 11) is -1.54. The Morgan fingerprint density at radius 2 is 1.53 bits per heavy atom. The summed E-state index contributed by atoms with van der Waals surface area (Å²) in [5.74, 6) is -1.13. The average Bonchev–Trinajstić information content (AvgIpc) is 3.08. The van der Waals surface area contributed by atoms with E-state index in [0.717, 1.165) is 15.4 Å². The summed E-state index contributed by atoms with van der Waals surface area (Å²) >= 11 is 0. The molecule has 0 fully saturated rings. The number of sulfonamides is 1. The second kappa shape index (κ2) is 16.1. The first-order valence-electron chi connectivity index (χ1n) is 15.2. The van der Waals surface area contributed by atoms with E-state index in [-0.39, 0.29) is 34.9 Å². The van der Waals surface area contributed by atoms with Crippen molar-refractivity contribution < 1.29 is 31.9 Å². The number of halogens is 1. The third kappa shape index (κ3) is 8.68. The third-order valence-electron chi connectivity index (χ3n) is 7.66. The van der Waals surface area contributed by atoms with Crippen molar-refractivity contribution in [3.63, 3.8) is 0 Å². The first-order chi connectivity index (χ1) is 22.6. The van der Waals surface area contributed by atoms with Crippen LogP contribution in [-0.4, -0.2) is 58.5 Å². The Hall–Kier alpha value is -4.90. The molecule has 0 radical (unpaired) electrons. The molecule has 4 rings (SSSR count). The SMILES string of the molecule is CCCNC(=O)[C@@H](Cc1ccccc1)N(Cc1ccccc1F)C(=O)CN(c1ccc(C)cc1)S(=O)(=O)c1ccc(OC)c(OC)c1. The summed E-state index contributed by atoms with van der Waals surface area (Å²) in [5.41, 5.74) is 2.09. The van der Waals surface area contributed by atoms with E-state index in [4.69, 9.17) is 9.47 Å². The van der Waals surface area contributed by atoms with Gasteiger partial charge in [0.2, 0.25) is 11.8 Å². The summed E-state index contributed by atoms with van der Waals surface area (Å²) in [6.45, 7) is 3.21. The van der Waals surface area contributed by atoms with E-state index in [1.807, 2.05) is 44.2 Å². The molecule has 1 atom stereocenters. The number of methoxy groups -OCH3 is 2. The maximum absolute atomic E-state index is 15.0. The van der Waals surface area contributed by atoms with Gasteiger partial charge in [-0.1, -0.05) is 73.2 Å². The van der Waals surface area contributed by atoms with Crippen molar-refractivity contribution in [2.45, 2.75) is 44.2 Å². The van der Waals surface area contributed by atoms with Gasteiger partial charge in [0.25, 0.3) is 10.0 Å². The number of rotatable bonds is 15. The smallest absolute Gasteiger partial charge is 0.264 e.